The zero-order valence-corrected chi connectivity index (χ0v) is 11.2. The van der Waals surface area contributed by atoms with Gasteiger partial charge >= 0.3 is 0 Å². The van der Waals surface area contributed by atoms with Gasteiger partial charge in [-0.25, -0.2) is 0 Å². The minimum Gasteiger partial charge on any atom is -0.389 e. The van der Waals surface area contributed by atoms with Crippen LogP contribution in [0.2, 0.25) is 0 Å². The molecule has 2 aliphatic carbocycles. The van der Waals surface area contributed by atoms with Crippen LogP contribution in [-0.2, 0) is 4.74 Å². The van der Waals surface area contributed by atoms with Crippen molar-refractivity contribution in [2.45, 2.75) is 51.7 Å². The number of rotatable bonds is 9. The number of hydrogen-bond acceptors (Lipinski definition) is 3. The fraction of sp³-hybridized carbons (Fsp3) is 1.00. The Kier molecular flexibility index (Phi) is 4.83. The van der Waals surface area contributed by atoms with Crippen LogP contribution in [0.15, 0.2) is 0 Å². The van der Waals surface area contributed by atoms with Crippen LogP contribution in [-0.4, -0.2) is 37.0 Å². The molecule has 2 aliphatic rings. The van der Waals surface area contributed by atoms with E-state index in [4.69, 9.17) is 4.74 Å². The molecule has 2 saturated carbocycles. The van der Waals surface area contributed by atoms with E-state index in [1.54, 1.807) is 0 Å². The molecule has 2 N–H and O–H groups in total. The fourth-order valence-corrected chi connectivity index (χ4v) is 2.55. The van der Waals surface area contributed by atoms with Gasteiger partial charge in [-0.2, -0.15) is 0 Å². The fourth-order valence-electron chi connectivity index (χ4n) is 2.55. The summed E-state index contributed by atoms with van der Waals surface area (Å²) in [6.45, 7) is 6.20. The molecule has 0 aliphatic heterocycles. The minimum atomic E-state index is -0.364. The first-order chi connectivity index (χ1) is 8.16. The summed E-state index contributed by atoms with van der Waals surface area (Å²) < 4.78 is 5.39. The van der Waals surface area contributed by atoms with Gasteiger partial charge in [-0.05, 0) is 63.8 Å². The van der Waals surface area contributed by atoms with Crippen LogP contribution in [0.3, 0.4) is 0 Å². The number of aliphatic hydroxyl groups excluding tert-OH is 1. The van der Waals surface area contributed by atoms with Gasteiger partial charge in [0, 0.05) is 6.54 Å². The Morgan fingerprint density at radius 2 is 1.71 bits per heavy atom. The van der Waals surface area contributed by atoms with E-state index in [-0.39, 0.29) is 12.2 Å². The van der Waals surface area contributed by atoms with E-state index in [0.717, 1.165) is 24.3 Å². The second-order valence-electron chi connectivity index (χ2n) is 6.03. The van der Waals surface area contributed by atoms with Crippen LogP contribution in [0.5, 0.6) is 0 Å². The van der Waals surface area contributed by atoms with Crippen LogP contribution in [0.25, 0.3) is 0 Å². The molecule has 1 unspecified atom stereocenters. The zero-order chi connectivity index (χ0) is 12.3. The average molecular weight is 241 g/mol. The lowest BCUT2D eigenvalue weighted by atomic mass is 9.98. The lowest BCUT2D eigenvalue weighted by molar-refractivity contribution is 0.00600. The predicted molar refractivity (Wildman–Crippen MR) is 68.9 cm³/mol. The first kappa shape index (κ1) is 13.3. The maximum Gasteiger partial charge on any atom is 0.0897 e. The van der Waals surface area contributed by atoms with Gasteiger partial charge in [-0.1, -0.05) is 0 Å². The Labute approximate surface area is 105 Å². The Morgan fingerprint density at radius 3 is 2.18 bits per heavy atom. The Hall–Kier alpha value is -0.120. The first-order valence-electron chi connectivity index (χ1n) is 7.17. The molecule has 0 spiro atoms. The third-order valence-electron chi connectivity index (χ3n) is 3.84. The Morgan fingerprint density at radius 1 is 1.12 bits per heavy atom. The Balaban J connectivity index is 1.54. The zero-order valence-electron chi connectivity index (χ0n) is 11.2. The molecule has 2 rings (SSSR count). The smallest absolute Gasteiger partial charge is 0.0897 e. The molecule has 3 heteroatoms. The van der Waals surface area contributed by atoms with Crippen LogP contribution in [0.4, 0.5) is 0 Å². The molecule has 0 radical (unpaired) electrons. The second-order valence-corrected chi connectivity index (χ2v) is 6.03. The van der Waals surface area contributed by atoms with Gasteiger partial charge in [0.25, 0.3) is 0 Å². The molecular formula is C14H27NO2. The van der Waals surface area contributed by atoms with Crippen molar-refractivity contribution in [1.29, 1.82) is 0 Å². The quantitative estimate of drug-likeness (QED) is 0.647. The van der Waals surface area contributed by atoms with Gasteiger partial charge in [0.05, 0.1) is 18.8 Å². The molecule has 2 fully saturated rings. The van der Waals surface area contributed by atoms with Crippen molar-refractivity contribution in [1.82, 2.24) is 5.32 Å². The van der Waals surface area contributed by atoms with Crippen LogP contribution < -0.4 is 5.32 Å². The number of hydrogen-bond donors (Lipinski definition) is 2. The van der Waals surface area contributed by atoms with E-state index < -0.39 is 0 Å². The highest BCUT2D eigenvalue weighted by molar-refractivity contribution is 4.92. The highest BCUT2D eigenvalue weighted by Gasteiger charge is 2.40. The topological polar surface area (TPSA) is 41.5 Å². The van der Waals surface area contributed by atoms with Crippen LogP contribution in [0.1, 0.15) is 39.5 Å². The lowest BCUT2D eigenvalue weighted by Gasteiger charge is -2.18. The molecule has 0 saturated heterocycles. The summed E-state index contributed by atoms with van der Waals surface area (Å²) in [7, 11) is 0. The Bertz CT molecular complexity index is 212. The predicted octanol–water partition coefficient (Wildman–Crippen LogP) is 1.80. The molecule has 17 heavy (non-hydrogen) atoms. The maximum atomic E-state index is 9.73. The molecule has 0 bridgehead atoms. The van der Waals surface area contributed by atoms with E-state index in [9.17, 15) is 5.11 Å². The van der Waals surface area contributed by atoms with E-state index in [2.05, 4.69) is 5.32 Å². The average Bonchev–Trinajstić information content (AvgIpc) is 3.14. The molecule has 0 aromatic heterocycles. The summed E-state index contributed by atoms with van der Waals surface area (Å²) in [6.07, 6.45) is 5.57. The molecule has 0 amide bonds. The first-order valence-corrected chi connectivity index (χ1v) is 7.17. The SMILES string of the molecule is CC(C)OCC(O)CNCC(C1CC1)C1CC1. The number of aliphatic hydroxyl groups is 1. The van der Waals surface area contributed by atoms with Crippen molar-refractivity contribution in [2.24, 2.45) is 17.8 Å². The highest BCUT2D eigenvalue weighted by atomic mass is 16.5. The van der Waals surface area contributed by atoms with Crippen LogP contribution >= 0.6 is 0 Å². The van der Waals surface area contributed by atoms with Crippen molar-refractivity contribution < 1.29 is 9.84 Å². The highest BCUT2D eigenvalue weighted by Crippen LogP contribution is 2.48. The molecular weight excluding hydrogens is 214 g/mol. The van der Waals surface area contributed by atoms with Gasteiger partial charge in [0.1, 0.15) is 0 Å². The normalized spacial score (nSPS) is 22.4. The molecule has 1 atom stereocenters. The van der Waals surface area contributed by atoms with Crippen molar-refractivity contribution in [3.05, 3.63) is 0 Å². The molecule has 100 valence electrons. The number of ether oxygens (including phenoxy) is 1. The van der Waals surface area contributed by atoms with Crippen molar-refractivity contribution in [3.63, 3.8) is 0 Å². The van der Waals surface area contributed by atoms with Gasteiger partial charge in [0.2, 0.25) is 0 Å². The summed E-state index contributed by atoms with van der Waals surface area (Å²) in [5.74, 6) is 2.85. The summed E-state index contributed by atoms with van der Waals surface area (Å²) in [5.41, 5.74) is 0. The minimum absolute atomic E-state index is 0.204. The van der Waals surface area contributed by atoms with Gasteiger partial charge < -0.3 is 15.2 Å². The van der Waals surface area contributed by atoms with Gasteiger partial charge in [0.15, 0.2) is 0 Å². The second kappa shape index (κ2) is 6.17. The lowest BCUT2D eigenvalue weighted by Crippen LogP contribution is -2.35. The molecule has 0 aromatic carbocycles. The van der Waals surface area contributed by atoms with E-state index in [1.807, 2.05) is 13.8 Å². The number of nitrogens with one attached hydrogen (secondary N) is 1. The third kappa shape index (κ3) is 4.94. The van der Waals surface area contributed by atoms with Crippen molar-refractivity contribution in [3.8, 4) is 0 Å². The molecule has 3 nitrogen and oxygen atoms in total. The summed E-state index contributed by atoms with van der Waals surface area (Å²) in [4.78, 5) is 0. The van der Waals surface area contributed by atoms with Gasteiger partial charge in [-0.3, -0.25) is 0 Å². The maximum absolute atomic E-state index is 9.73. The van der Waals surface area contributed by atoms with E-state index in [0.29, 0.717) is 13.2 Å². The van der Waals surface area contributed by atoms with Crippen molar-refractivity contribution in [2.75, 3.05) is 19.7 Å². The molecule has 0 aromatic rings. The van der Waals surface area contributed by atoms with E-state index >= 15 is 0 Å². The third-order valence-corrected chi connectivity index (χ3v) is 3.84. The monoisotopic (exact) mass is 241 g/mol. The summed E-state index contributed by atoms with van der Waals surface area (Å²) in [6, 6.07) is 0. The van der Waals surface area contributed by atoms with Gasteiger partial charge in [-0.15, -0.1) is 0 Å². The largest absolute Gasteiger partial charge is 0.389 e. The van der Waals surface area contributed by atoms with E-state index in [1.165, 1.54) is 25.7 Å². The van der Waals surface area contributed by atoms with Crippen molar-refractivity contribution >= 4 is 0 Å². The summed E-state index contributed by atoms with van der Waals surface area (Å²) in [5, 5.41) is 13.2. The molecule has 0 heterocycles. The van der Waals surface area contributed by atoms with Crippen LogP contribution in [0, 0.1) is 17.8 Å². The summed E-state index contributed by atoms with van der Waals surface area (Å²) >= 11 is 0. The standard InChI is InChI=1S/C14H27NO2/c1-10(2)17-9-13(16)7-15-8-14(11-3-4-11)12-5-6-12/h10-16H,3-9H2,1-2H3.